The average molecular weight is 363 g/mol. The maximum absolute atomic E-state index is 11.6. The number of aliphatic carboxylic acids is 2. The molecule has 0 aromatic carbocycles. The monoisotopic (exact) mass is 362 g/mol. The Balaban J connectivity index is 1.81. The lowest BCUT2D eigenvalue weighted by Crippen LogP contribution is -2.48. The first-order valence-corrected chi connectivity index (χ1v) is 8.21. The van der Waals surface area contributed by atoms with Crippen LogP contribution in [0.1, 0.15) is 19.3 Å². The molecular weight excluding hydrogens is 344 g/mol. The van der Waals surface area contributed by atoms with Crippen molar-refractivity contribution in [1.29, 1.82) is 0 Å². The number of rotatable bonds is 6. The lowest BCUT2D eigenvalue weighted by molar-refractivity contribution is -0.159. The second-order valence-corrected chi connectivity index (χ2v) is 7.35. The fourth-order valence-electron chi connectivity index (χ4n) is 3.61. The number of carboxylic acids is 2. The number of epoxide rings is 2. The van der Waals surface area contributed by atoms with Crippen molar-refractivity contribution in [2.45, 2.75) is 36.3 Å². The maximum atomic E-state index is 11.6. The van der Waals surface area contributed by atoms with Crippen molar-refractivity contribution in [2.75, 3.05) is 13.2 Å². The van der Waals surface area contributed by atoms with Crippen molar-refractivity contribution in [1.82, 2.24) is 0 Å². The van der Waals surface area contributed by atoms with E-state index < -0.39 is 23.8 Å². The van der Waals surface area contributed by atoms with Crippen LogP contribution in [0.25, 0.3) is 0 Å². The molecule has 0 radical (unpaired) electrons. The number of carboxylic acid groups (broad SMARTS) is 2. The van der Waals surface area contributed by atoms with Gasteiger partial charge in [0.1, 0.15) is 0 Å². The molecule has 21 heavy (non-hydrogen) atoms. The van der Waals surface area contributed by atoms with E-state index in [9.17, 15) is 19.8 Å². The van der Waals surface area contributed by atoms with E-state index >= 15 is 0 Å². The Morgan fingerprint density at radius 2 is 1.62 bits per heavy atom. The number of hydrogen-bond donors (Lipinski definition) is 2. The highest BCUT2D eigenvalue weighted by Gasteiger charge is 2.52. The Morgan fingerprint density at radius 3 is 2.10 bits per heavy atom. The van der Waals surface area contributed by atoms with Gasteiger partial charge in [0.2, 0.25) is 0 Å². The number of halogens is 1. The summed E-state index contributed by atoms with van der Waals surface area (Å²) in [6, 6.07) is 0. The summed E-state index contributed by atoms with van der Waals surface area (Å²) in [5, 5.41) is 18.9. The quantitative estimate of drug-likeness (QED) is 0.546. The largest absolute Gasteiger partial charge is 0.481 e. The minimum atomic E-state index is -1.02. The van der Waals surface area contributed by atoms with E-state index in [1.165, 1.54) is 0 Å². The third kappa shape index (κ3) is 3.40. The predicted octanol–water partition coefficient (Wildman–Crippen LogP) is 1.37. The Morgan fingerprint density at radius 1 is 1.05 bits per heavy atom. The second-order valence-electron chi connectivity index (χ2n) is 6.29. The minimum Gasteiger partial charge on any atom is -0.481 e. The highest BCUT2D eigenvalue weighted by atomic mass is 79.9. The van der Waals surface area contributed by atoms with Gasteiger partial charge in [0, 0.05) is 4.83 Å². The van der Waals surface area contributed by atoms with Crippen molar-refractivity contribution in [3.05, 3.63) is 0 Å². The summed E-state index contributed by atoms with van der Waals surface area (Å²) in [7, 11) is 0. The standard InChI is InChI=1S/C14H19BrO6/c15-12-6(1-7-4-20-7)2-10(13(16)17)11(14(18)19)9(12)3-8-5-21-8/h6-12H,1-5H2,(H,16,17)(H,18,19). The van der Waals surface area contributed by atoms with Crippen molar-refractivity contribution < 1.29 is 29.3 Å². The second kappa shape index (κ2) is 5.85. The molecule has 118 valence electrons. The Labute approximate surface area is 130 Å². The SMILES string of the molecule is O=C(O)C1CC(CC2CO2)C(Br)C(CC2CO2)C1C(=O)O. The van der Waals surface area contributed by atoms with Crippen LogP contribution < -0.4 is 0 Å². The average Bonchev–Trinajstić information content (AvgIpc) is 3.28. The van der Waals surface area contributed by atoms with Crippen LogP contribution in [-0.2, 0) is 19.1 Å². The molecule has 2 N–H and O–H groups in total. The molecule has 3 aliphatic rings. The summed E-state index contributed by atoms with van der Waals surface area (Å²) in [6.45, 7) is 1.38. The van der Waals surface area contributed by atoms with E-state index in [-0.39, 0.29) is 28.9 Å². The topological polar surface area (TPSA) is 99.7 Å². The number of alkyl halides is 1. The summed E-state index contributed by atoms with van der Waals surface area (Å²) in [5.41, 5.74) is 0. The molecule has 7 atom stereocenters. The van der Waals surface area contributed by atoms with Gasteiger partial charge in [-0.15, -0.1) is 0 Å². The fourth-order valence-corrected chi connectivity index (χ4v) is 4.59. The molecule has 2 saturated heterocycles. The molecule has 7 unspecified atom stereocenters. The molecule has 3 rings (SSSR count). The van der Waals surface area contributed by atoms with Gasteiger partial charge in [-0.25, -0.2) is 0 Å². The van der Waals surface area contributed by atoms with Gasteiger partial charge in [0.15, 0.2) is 0 Å². The van der Waals surface area contributed by atoms with Gasteiger partial charge in [-0.2, -0.15) is 0 Å². The van der Waals surface area contributed by atoms with Gasteiger partial charge in [0.05, 0.1) is 37.3 Å². The van der Waals surface area contributed by atoms with Gasteiger partial charge in [-0.05, 0) is 31.1 Å². The van der Waals surface area contributed by atoms with Crippen molar-refractivity contribution in [3.8, 4) is 0 Å². The van der Waals surface area contributed by atoms with Crippen LogP contribution in [0.5, 0.6) is 0 Å². The number of carbonyl (C=O) groups is 2. The highest BCUT2D eigenvalue weighted by Crippen LogP contribution is 2.48. The molecule has 1 aliphatic carbocycles. The normalized spacial score (nSPS) is 45.1. The van der Waals surface area contributed by atoms with Crippen LogP contribution in [0, 0.1) is 23.7 Å². The lowest BCUT2D eigenvalue weighted by atomic mass is 9.65. The van der Waals surface area contributed by atoms with Crippen molar-refractivity contribution in [2.24, 2.45) is 23.7 Å². The first-order chi connectivity index (χ1) is 9.97. The van der Waals surface area contributed by atoms with Crippen LogP contribution in [0.3, 0.4) is 0 Å². The van der Waals surface area contributed by atoms with Gasteiger partial charge in [-0.1, -0.05) is 15.9 Å². The predicted molar refractivity (Wildman–Crippen MR) is 75.3 cm³/mol. The number of hydrogen-bond acceptors (Lipinski definition) is 4. The van der Waals surface area contributed by atoms with Crippen LogP contribution in [0.15, 0.2) is 0 Å². The first kappa shape index (κ1) is 15.2. The van der Waals surface area contributed by atoms with Crippen LogP contribution in [0.2, 0.25) is 0 Å². The Kier molecular flexibility index (Phi) is 4.25. The Bertz CT molecular complexity index is 433. The smallest absolute Gasteiger partial charge is 0.307 e. The maximum Gasteiger partial charge on any atom is 0.307 e. The van der Waals surface area contributed by atoms with E-state index in [0.29, 0.717) is 19.4 Å². The minimum absolute atomic E-state index is 0.00241. The Hall–Kier alpha value is -0.660. The van der Waals surface area contributed by atoms with Gasteiger partial charge < -0.3 is 19.7 Å². The van der Waals surface area contributed by atoms with E-state index in [1.807, 2.05) is 0 Å². The first-order valence-electron chi connectivity index (χ1n) is 7.30. The summed E-state index contributed by atoms with van der Waals surface area (Å²) in [6.07, 6.45) is 2.10. The fraction of sp³-hybridized carbons (Fsp3) is 0.857. The molecule has 7 heteroatoms. The van der Waals surface area contributed by atoms with Crippen molar-refractivity contribution in [3.63, 3.8) is 0 Å². The lowest BCUT2D eigenvalue weighted by Gasteiger charge is -2.42. The summed E-state index contributed by atoms with van der Waals surface area (Å²) in [4.78, 5) is 23.1. The van der Waals surface area contributed by atoms with E-state index in [2.05, 4.69) is 15.9 Å². The molecular formula is C14H19BrO6. The molecule has 6 nitrogen and oxygen atoms in total. The molecule has 0 aromatic heterocycles. The van der Waals surface area contributed by atoms with Crippen LogP contribution in [-0.4, -0.2) is 52.4 Å². The van der Waals surface area contributed by atoms with Gasteiger partial charge in [-0.3, -0.25) is 9.59 Å². The van der Waals surface area contributed by atoms with Crippen LogP contribution in [0.4, 0.5) is 0 Å². The molecule has 0 spiro atoms. The zero-order valence-corrected chi connectivity index (χ0v) is 13.1. The third-order valence-electron chi connectivity index (χ3n) is 4.82. The number of ether oxygens (including phenoxy) is 2. The van der Waals surface area contributed by atoms with E-state index in [1.54, 1.807) is 0 Å². The highest BCUT2D eigenvalue weighted by molar-refractivity contribution is 9.09. The van der Waals surface area contributed by atoms with E-state index in [4.69, 9.17) is 9.47 Å². The van der Waals surface area contributed by atoms with E-state index in [0.717, 1.165) is 13.0 Å². The third-order valence-corrected chi connectivity index (χ3v) is 6.25. The molecule has 0 amide bonds. The summed E-state index contributed by atoms with van der Waals surface area (Å²) in [5.74, 6) is -3.79. The van der Waals surface area contributed by atoms with Gasteiger partial charge in [0.25, 0.3) is 0 Å². The van der Waals surface area contributed by atoms with Crippen LogP contribution >= 0.6 is 15.9 Å². The zero-order chi connectivity index (χ0) is 15.1. The molecule has 0 aromatic rings. The summed E-state index contributed by atoms with van der Waals surface area (Å²) >= 11 is 3.65. The summed E-state index contributed by atoms with van der Waals surface area (Å²) < 4.78 is 10.5. The molecule has 2 aliphatic heterocycles. The molecule has 1 saturated carbocycles. The molecule has 2 heterocycles. The zero-order valence-electron chi connectivity index (χ0n) is 11.5. The van der Waals surface area contributed by atoms with Gasteiger partial charge >= 0.3 is 11.9 Å². The molecule has 3 fully saturated rings. The van der Waals surface area contributed by atoms with Crippen molar-refractivity contribution >= 4 is 27.9 Å². The molecule has 0 bridgehead atoms.